The van der Waals surface area contributed by atoms with Gasteiger partial charge < -0.3 is 14.6 Å². The van der Waals surface area contributed by atoms with E-state index in [2.05, 4.69) is 11.5 Å². The fourth-order valence-electron chi connectivity index (χ4n) is 1.90. The smallest absolute Gasteiger partial charge is 0.118 e. The summed E-state index contributed by atoms with van der Waals surface area (Å²) in [5.41, 5.74) is 2.15. The van der Waals surface area contributed by atoms with Gasteiger partial charge >= 0.3 is 0 Å². The fourth-order valence-corrected chi connectivity index (χ4v) is 1.90. The number of benzene rings is 1. The third-order valence-corrected chi connectivity index (χ3v) is 2.92. The number of hydrogen-bond donors (Lipinski definition) is 1. The average molecular weight is 277 g/mol. The molecule has 1 rings (SSSR count). The first-order chi connectivity index (χ1) is 9.73. The van der Waals surface area contributed by atoms with Crippen LogP contribution in [0.25, 0.3) is 0 Å². The van der Waals surface area contributed by atoms with Crippen molar-refractivity contribution in [2.75, 3.05) is 33.9 Å². The van der Waals surface area contributed by atoms with E-state index in [1.807, 2.05) is 24.3 Å². The molecule has 110 valence electrons. The van der Waals surface area contributed by atoms with Gasteiger partial charge in [-0.25, -0.2) is 0 Å². The van der Waals surface area contributed by atoms with Crippen LogP contribution in [0, 0.1) is 0 Å². The van der Waals surface area contributed by atoms with E-state index in [1.54, 1.807) is 26.6 Å². The van der Waals surface area contributed by atoms with Gasteiger partial charge in [0, 0.05) is 25.2 Å². The molecule has 0 aromatic heterocycles. The summed E-state index contributed by atoms with van der Waals surface area (Å²) in [7, 11) is 3.27. The minimum Gasteiger partial charge on any atom is -0.504 e. The van der Waals surface area contributed by atoms with E-state index < -0.39 is 0 Å². The summed E-state index contributed by atoms with van der Waals surface area (Å²) in [5.74, 6) is 0.841. The second-order valence-electron chi connectivity index (χ2n) is 4.41. The lowest BCUT2D eigenvalue weighted by molar-refractivity contribution is 0.200. The molecule has 20 heavy (non-hydrogen) atoms. The molecule has 0 bridgehead atoms. The van der Waals surface area contributed by atoms with Crippen molar-refractivity contribution < 1.29 is 14.6 Å². The monoisotopic (exact) mass is 277 g/mol. The van der Waals surface area contributed by atoms with Gasteiger partial charge in [-0.05, 0) is 17.7 Å². The molecule has 1 aromatic rings. The molecule has 4 nitrogen and oxygen atoms in total. The van der Waals surface area contributed by atoms with E-state index in [0.29, 0.717) is 13.1 Å². The lowest BCUT2D eigenvalue weighted by Crippen LogP contribution is -2.28. The molecule has 0 saturated heterocycles. The van der Waals surface area contributed by atoms with Gasteiger partial charge in [0.15, 0.2) is 0 Å². The van der Waals surface area contributed by atoms with Crippen molar-refractivity contribution in [3.05, 3.63) is 54.3 Å². The van der Waals surface area contributed by atoms with Crippen molar-refractivity contribution >= 4 is 0 Å². The molecule has 4 heteroatoms. The van der Waals surface area contributed by atoms with Crippen LogP contribution in [-0.4, -0.2) is 43.9 Å². The largest absolute Gasteiger partial charge is 0.504 e. The maximum absolute atomic E-state index is 9.17. The van der Waals surface area contributed by atoms with Gasteiger partial charge in [-0.1, -0.05) is 24.8 Å². The standard InChI is InChI=1S/C16H23NO3/c1-4-14(13-19-2)11-17(9-10-18)12-15-5-7-16(20-3)8-6-15/h4-8,13,18H,1,9-12H2,2-3H3/b14-13+. The molecule has 0 aliphatic rings. The summed E-state index contributed by atoms with van der Waals surface area (Å²) in [4.78, 5) is 2.13. The Hall–Kier alpha value is -1.78. The molecule has 0 saturated carbocycles. The second-order valence-corrected chi connectivity index (χ2v) is 4.41. The molecular weight excluding hydrogens is 254 g/mol. The first-order valence-corrected chi connectivity index (χ1v) is 6.54. The third kappa shape index (κ3) is 5.47. The lowest BCUT2D eigenvalue weighted by atomic mass is 10.2. The Balaban J connectivity index is 2.69. The van der Waals surface area contributed by atoms with Crippen LogP contribution < -0.4 is 4.74 Å². The summed E-state index contributed by atoms with van der Waals surface area (Å²) in [6, 6.07) is 7.92. The SMILES string of the molecule is C=C/C(=C\OC)CN(CCO)Cc1ccc(OC)cc1. The number of nitrogens with zero attached hydrogens (tertiary/aromatic N) is 1. The average Bonchev–Trinajstić information content (AvgIpc) is 2.47. The van der Waals surface area contributed by atoms with Crippen LogP contribution >= 0.6 is 0 Å². The number of aliphatic hydroxyl groups is 1. The lowest BCUT2D eigenvalue weighted by Gasteiger charge is -2.22. The van der Waals surface area contributed by atoms with Crippen LogP contribution in [0.2, 0.25) is 0 Å². The highest BCUT2D eigenvalue weighted by atomic mass is 16.5. The van der Waals surface area contributed by atoms with E-state index >= 15 is 0 Å². The van der Waals surface area contributed by atoms with Gasteiger partial charge in [0.05, 0.1) is 27.1 Å². The number of ether oxygens (including phenoxy) is 2. The zero-order valence-corrected chi connectivity index (χ0v) is 12.2. The van der Waals surface area contributed by atoms with Gasteiger partial charge in [0.1, 0.15) is 5.75 Å². The van der Waals surface area contributed by atoms with Crippen molar-refractivity contribution in [1.29, 1.82) is 0 Å². The first kappa shape index (κ1) is 16.3. The predicted molar refractivity (Wildman–Crippen MR) is 80.6 cm³/mol. The summed E-state index contributed by atoms with van der Waals surface area (Å²) >= 11 is 0. The summed E-state index contributed by atoms with van der Waals surface area (Å²) in [6.07, 6.45) is 3.44. The summed E-state index contributed by atoms with van der Waals surface area (Å²) < 4.78 is 10.2. The Morgan fingerprint density at radius 3 is 2.50 bits per heavy atom. The van der Waals surface area contributed by atoms with Crippen molar-refractivity contribution in [2.24, 2.45) is 0 Å². The Bertz CT molecular complexity index is 426. The Morgan fingerprint density at radius 2 is 2.00 bits per heavy atom. The van der Waals surface area contributed by atoms with E-state index in [4.69, 9.17) is 9.47 Å². The van der Waals surface area contributed by atoms with Crippen molar-refractivity contribution in [1.82, 2.24) is 4.90 Å². The molecule has 0 amide bonds. The van der Waals surface area contributed by atoms with Gasteiger partial charge in [0.2, 0.25) is 0 Å². The zero-order chi connectivity index (χ0) is 14.8. The predicted octanol–water partition coefficient (Wildman–Crippen LogP) is 2.21. The van der Waals surface area contributed by atoms with Gasteiger partial charge in [-0.3, -0.25) is 4.90 Å². The van der Waals surface area contributed by atoms with Crippen LogP contribution in [0.5, 0.6) is 5.75 Å². The maximum atomic E-state index is 9.17. The van der Waals surface area contributed by atoms with E-state index in [1.165, 1.54) is 5.56 Å². The summed E-state index contributed by atoms with van der Waals surface area (Å²) in [5, 5.41) is 9.17. The molecule has 1 N–H and O–H groups in total. The molecule has 0 aliphatic heterocycles. The van der Waals surface area contributed by atoms with Crippen LogP contribution in [0.3, 0.4) is 0 Å². The molecule has 0 atom stereocenters. The van der Waals surface area contributed by atoms with Crippen molar-refractivity contribution in [3.8, 4) is 5.75 Å². The first-order valence-electron chi connectivity index (χ1n) is 6.54. The fraction of sp³-hybridized carbons (Fsp3) is 0.375. The molecule has 0 heterocycles. The van der Waals surface area contributed by atoms with E-state index in [0.717, 1.165) is 17.9 Å². The Morgan fingerprint density at radius 1 is 1.30 bits per heavy atom. The van der Waals surface area contributed by atoms with E-state index in [-0.39, 0.29) is 6.61 Å². The minimum atomic E-state index is 0.119. The number of hydrogen-bond acceptors (Lipinski definition) is 4. The highest BCUT2D eigenvalue weighted by Crippen LogP contribution is 2.13. The quantitative estimate of drug-likeness (QED) is 0.555. The Kier molecular flexibility index (Phi) is 7.47. The number of methoxy groups -OCH3 is 2. The highest BCUT2D eigenvalue weighted by Gasteiger charge is 2.07. The number of aliphatic hydroxyl groups excluding tert-OH is 1. The molecule has 1 aromatic carbocycles. The maximum Gasteiger partial charge on any atom is 0.118 e. The van der Waals surface area contributed by atoms with Crippen LogP contribution in [0.1, 0.15) is 5.56 Å². The normalized spacial score (nSPS) is 11.5. The van der Waals surface area contributed by atoms with Crippen LogP contribution in [0.4, 0.5) is 0 Å². The highest BCUT2D eigenvalue weighted by molar-refractivity contribution is 5.27. The van der Waals surface area contributed by atoms with Crippen molar-refractivity contribution in [3.63, 3.8) is 0 Å². The van der Waals surface area contributed by atoms with Gasteiger partial charge in [-0.15, -0.1) is 0 Å². The van der Waals surface area contributed by atoms with Gasteiger partial charge in [0.25, 0.3) is 0 Å². The van der Waals surface area contributed by atoms with Crippen molar-refractivity contribution in [2.45, 2.75) is 6.54 Å². The van der Waals surface area contributed by atoms with Crippen LogP contribution in [-0.2, 0) is 11.3 Å². The molecular formula is C16H23NO3. The third-order valence-electron chi connectivity index (χ3n) is 2.92. The molecule has 0 fully saturated rings. The van der Waals surface area contributed by atoms with Crippen LogP contribution in [0.15, 0.2) is 48.8 Å². The molecule has 0 unspecified atom stereocenters. The zero-order valence-electron chi connectivity index (χ0n) is 12.2. The Labute approximate surface area is 120 Å². The van der Waals surface area contributed by atoms with E-state index in [9.17, 15) is 5.11 Å². The second kappa shape index (κ2) is 9.18. The molecule has 0 aliphatic carbocycles. The number of rotatable bonds is 9. The molecule has 0 radical (unpaired) electrons. The molecule has 0 spiro atoms. The topological polar surface area (TPSA) is 41.9 Å². The van der Waals surface area contributed by atoms with Gasteiger partial charge in [-0.2, -0.15) is 0 Å². The minimum absolute atomic E-state index is 0.119. The summed E-state index contributed by atoms with van der Waals surface area (Å²) in [6.45, 7) is 5.92.